The Labute approximate surface area is 299 Å². The molecule has 0 spiro atoms. The third kappa shape index (κ3) is 37.4. The van der Waals surface area contributed by atoms with E-state index in [1.54, 1.807) is 0 Å². The third-order valence-corrected chi connectivity index (χ3v) is 7.80. The van der Waals surface area contributed by atoms with Gasteiger partial charge in [-0.1, -0.05) is 151 Å². The monoisotopic (exact) mass is 683 g/mol. The number of carboxylic acids is 2. The maximum Gasteiger partial charge on any atom is 0.303 e. The SMILES string of the molecule is CCCCC(C)(C)C(O)/C=C/C=C\C/C=C\C/C=C\CCCC(=O)O.CCCCC(C)(O)C/C=C/C=C\C/C=C\C/C=C\CCCC(=O)O. The molecule has 2 unspecified atom stereocenters. The summed E-state index contributed by atoms with van der Waals surface area (Å²) in [5.74, 6) is -1.46. The molecule has 0 aliphatic heterocycles. The summed E-state index contributed by atoms with van der Waals surface area (Å²) in [6, 6.07) is 0. The topological polar surface area (TPSA) is 115 Å². The van der Waals surface area contributed by atoms with Crippen molar-refractivity contribution in [3.8, 4) is 0 Å². The average molecular weight is 683 g/mol. The lowest BCUT2D eigenvalue weighted by Gasteiger charge is -2.28. The van der Waals surface area contributed by atoms with Crippen LogP contribution in [0.3, 0.4) is 0 Å². The van der Waals surface area contributed by atoms with Gasteiger partial charge in [0.15, 0.2) is 0 Å². The summed E-state index contributed by atoms with van der Waals surface area (Å²) >= 11 is 0. The molecule has 49 heavy (non-hydrogen) atoms. The van der Waals surface area contributed by atoms with Crippen LogP contribution in [-0.4, -0.2) is 44.1 Å². The number of carboxylic acid groups (broad SMARTS) is 2. The Bertz CT molecular complexity index is 1050. The Balaban J connectivity index is 0. The fourth-order valence-electron chi connectivity index (χ4n) is 4.45. The van der Waals surface area contributed by atoms with E-state index in [2.05, 4.69) is 76.3 Å². The molecule has 0 rings (SSSR count). The number of allylic oxidation sites excluding steroid dienone is 14. The van der Waals surface area contributed by atoms with Gasteiger partial charge in [0.25, 0.3) is 0 Å². The van der Waals surface area contributed by atoms with Gasteiger partial charge in [-0.25, -0.2) is 0 Å². The molecule has 0 bridgehead atoms. The quantitative estimate of drug-likeness (QED) is 0.0371. The molecule has 0 saturated carbocycles. The van der Waals surface area contributed by atoms with E-state index in [-0.39, 0.29) is 18.3 Å². The van der Waals surface area contributed by atoms with Gasteiger partial charge in [0, 0.05) is 12.8 Å². The molecule has 6 nitrogen and oxygen atoms in total. The number of hydrogen-bond acceptors (Lipinski definition) is 4. The van der Waals surface area contributed by atoms with Gasteiger partial charge in [-0.15, -0.1) is 0 Å². The van der Waals surface area contributed by atoms with Crippen molar-refractivity contribution in [3.63, 3.8) is 0 Å². The second-order valence-electron chi connectivity index (χ2n) is 13.4. The summed E-state index contributed by atoms with van der Waals surface area (Å²) < 4.78 is 0. The van der Waals surface area contributed by atoms with Crippen LogP contribution < -0.4 is 0 Å². The molecular formula is C43H70O6. The zero-order valence-electron chi connectivity index (χ0n) is 31.4. The van der Waals surface area contributed by atoms with Crippen molar-refractivity contribution in [3.05, 3.63) is 97.2 Å². The zero-order chi connectivity index (χ0) is 37.1. The van der Waals surface area contributed by atoms with Crippen molar-refractivity contribution in [2.45, 2.75) is 155 Å². The standard InChI is InChI=1S/C22H36O3.C21H34O3/c1-4-5-19-22(2,3)20(23)17-15-13-11-9-7-6-8-10-12-14-16-18-21(24)25;1-3-4-18-21(2,24)19-16-14-12-10-8-6-5-7-9-11-13-15-17-20(22)23/h6-7,10-13,15,17,20,23H,4-5,8-9,14,16,18-19H2,1-3H3,(H,24,25);5-6,9-12,14,16,24H,3-4,7-8,13,15,17-19H2,1-2H3,(H,22,23)/b7-6-,12-10-,13-11-,17-15+;6-5-,11-9-,12-10-,16-14+. The Morgan fingerprint density at radius 1 is 0.571 bits per heavy atom. The predicted octanol–water partition coefficient (Wildman–Crippen LogP) is 11.4. The van der Waals surface area contributed by atoms with Crippen LogP contribution in [0.2, 0.25) is 0 Å². The van der Waals surface area contributed by atoms with E-state index < -0.39 is 23.6 Å². The number of aliphatic hydroxyl groups is 2. The van der Waals surface area contributed by atoms with Crippen LogP contribution in [0.4, 0.5) is 0 Å². The van der Waals surface area contributed by atoms with Crippen LogP contribution in [0.1, 0.15) is 144 Å². The van der Waals surface area contributed by atoms with Crippen LogP contribution in [-0.2, 0) is 9.59 Å². The summed E-state index contributed by atoms with van der Waals surface area (Å²) in [7, 11) is 0. The fourth-order valence-corrected chi connectivity index (χ4v) is 4.45. The van der Waals surface area contributed by atoms with E-state index in [1.807, 2.05) is 55.5 Å². The van der Waals surface area contributed by atoms with Gasteiger partial charge in [-0.05, 0) is 83.0 Å². The van der Waals surface area contributed by atoms with Crippen molar-refractivity contribution >= 4 is 11.9 Å². The van der Waals surface area contributed by atoms with E-state index in [0.29, 0.717) is 19.3 Å². The molecule has 0 aliphatic rings. The average Bonchev–Trinajstić information content (AvgIpc) is 3.05. The number of hydrogen-bond donors (Lipinski definition) is 4. The third-order valence-electron chi connectivity index (χ3n) is 7.80. The van der Waals surface area contributed by atoms with Crippen molar-refractivity contribution < 1.29 is 30.0 Å². The molecule has 0 amide bonds. The second kappa shape index (κ2) is 33.3. The second-order valence-corrected chi connectivity index (χ2v) is 13.4. The van der Waals surface area contributed by atoms with E-state index in [1.165, 1.54) is 0 Å². The highest BCUT2D eigenvalue weighted by Gasteiger charge is 2.24. The molecule has 0 aromatic carbocycles. The summed E-state index contributed by atoms with van der Waals surface area (Å²) in [4.78, 5) is 20.7. The lowest BCUT2D eigenvalue weighted by Crippen LogP contribution is -2.27. The molecule has 0 aromatic rings. The van der Waals surface area contributed by atoms with Gasteiger partial charge < -0.3 is 20.4 Å². The Morgan fingerprint density at radius 3 is 1.45 bits per heavy atom. The first-order valence-electron chi connectivity index (χ1n) is 18.5. The lowest BCUT2D eigenvalue weighted by atomic mass is 9.81. The molecule has 4 N–H and O–H groups in total. The first-order chi connectivity index (χ1) is 23.4. The Kier molecular flexibility index (Phi) is 32.5. The molecule has 0 aliphatic carbocycles. The zero-order valence-corrected chi connectivity index (χ0v) is 31.4. The van der Waals surface area contributed by atoms with Crippen molar-refractivity contribution in [1.82, 2.24) is 0 Å². The minimum absolute atomic E-state index is 0.0724. The van der Waals surface area contributed by atoms with Crippen molar-refractivity contribution in [2.75, 3.05) is 0 Å². The molecular weight excluding hydrogens is 612 g/mol. The normalized spacial score (nSPS) is 14.8. The number of unbranched alkanes of at least 4 members (excludes halogenated alkanes) is 4. The number of rotatable bonds is 28. The summed E-state index contributed by atoms with van der Waals surface area (Å²) in [5, 5.41) is 37.4. The van der Waals surface area contributed by atoms with Crippen LogP contribution in [0, 0.1) is 5.41 Å². The van der Waals surface area contributed by atoms with Crippen LogP contribution >= 0.6 is 0 Å². The fraction of sp³-hybridized carbons (Fsp3) is 0.581. The minimum Gasteiger partial charge on any atom is -0.481 e. The minimum atomic E-state index is -0.730. The molecule has 0 saturated heterocycles. The highest BCUT2D eigenvalue weighted by Crippen LogP contribution is 2.28. The molecule has 6 heteroatoms. The van der Waals surface area contributed by atoms with E-state index in [4.69, 9.17) is 10.2 Å². The van der Waals surface area contributed by atoms with Crippen LogP contribution in [0.25, 0.3) is 0 Å². The first kappa shape index (κ1) is 47.9. The Morgan fingerprint density at radius 2 is 0.980 bits per heavy atom. The molecule has 278 valence electrons. The summed E-state index contributed by atoms with van der Waals surface area (Å²) in [6.07, 6.45) is 46.3. The molecule has 0 radical (unpaired) electrons. The largest absolute Gasteiger partial charge is 0.481 e. The lowest BCUT2D eigenvalue weighted by molar-refractivity contribution is -0.138. The van der Waals surface area contributed by atoms with E-state index in [0.717, 1.165) is 77.0 Å². The summed E-state index contributed by atoms with van der Waals surface area (Å²) in [6.45, 7) is 10.4. The van der Waals surface area contributed by atoms with Crippen LogP contribution in [0.5, 0.6) is 0 Å². The predicted molar refractivity (Wildman–Crippen MR) is 209 cm³/mol. The van der Waals surface area contributed by atoms with Gasteiger partial charge in [0.2, 0.25) is 0 Å². The number of carbonyl (C=O) groups is 2. The van der Waals surface area contributed by atoms with Gasteiger partial charge >= 0.3 is 11.9 Å². The smallest absolute Gasteiger partial charge is 0.303 e. The molecule has 0 aromatic heterocycles. The van der Waals surface area contributed by atoms with Gasteiger partial charge in [0.1, 0.15) is 0 Å². The maximum absolute atomic E-state index is 10.3. The van der Waals surface area contributed by atoms with Gasteiger partial charge in [-0.3, -0.25) is 9.59 Å². The van der Waals surface area contributed by atoms with E-state index in [9.17, 15) is 19.8 Å². The Hall–Kier alpha value is -3.22. The first-order valence-corrected chi connectivity index (χ1v) is 18.5. The van der Waals surface area contributed by atoms with Gasteiger partial charge in [0.05, 0.1) is 11.7 Å². The molecule has 2 atom stereocenters. The molecule has 0 heterocycles. The molecule has 0 fully saturated rings. The van der Waals surface area contributed by atoms with Crippen molar-refractivity contribution in [1.29, 1.82) is 0 Å². The number of aliphatic carboxylic acids is 2. The van der Waals surface area contributed by atoms with E-state index >= 15 is 0 Å². The highest BCUT2D eigenvalue weighted by atomic mass is 16.4. The van der Waals surface area contributed by atoms with Crippen molar-refractivity contribution in [2.24, 2.45) is 5.41 Å². The summed E-state index contributed by atoms with van der Waals surface area (Å²) in [5.41, 5.74) is -0.659. The van der Waals surface area contributed by atoms with Gasteiger partial charge in [-0.2, -0.15) is 0 Å². The highest BCUT2D eigenvalue weighted by molar-refractivity contribution is 5.66. The van der Waals surface area contributed by atoms with Crippen LogP contribution in [0.15, 0.2) is 97.2 Å². The maximum atomic E-state index is 10.3. The number of aliphatic hydroxyl groups excluding tert-OH is 1.